The predicted octanol–water partition coefficient (Wildman–Crippen LogP) is 3.15. The van der Waals surface area contributed by atoms with Crippen LogP contribution in [0.15, 0.2) is 23.6 Å². The third kappa shape index (κ3) is 3.12. The van der Waals surface area contributed by atoms with Crippen LogP contribution in [0.4, 0.5) is 10.8 Å². The lowest BCUT2D eigenvalue weighted by atomic mass is 9.96. The van der Waals surface area contributed by atoms with Crippen molar-refractivity contribution in [2.45, 2.75) is 20.8 Å². The Morgan fingerprint density at radius 2 is 2.12 bits per heavy atom. The van der Waals surface area contributed by atoms with E-state index in [1.807, 2.05) is 44.4 Å². The Labute approximate surface area is 144 Å². The molecule has 24 heavy (non-hydrogen) atoms. The van der Waals surface area contributed by atoms with E-state index in [0.717, 1.165) is 16.9 Å². The summed E-state index contributed by atoms with van der Waals surface area (Å²) >= 11 is 1.37. The Hall–Kier alpha value is -2.41. The number of anilines is 2. The number of thiazole rings is 1. The van der Waals surface area contributed by atoms with Crippen molar-refractivity contribution in [2.75, 3.05) is 23.9 Å². The van der Waals surface area contributed by atoms with Gasteiger partial charge in [0.15, 0.2) is 11.7 Å². The predicted molar refractivity (Wildman–Crippen MR) is 94.5 cm³/mol. The summed E-state index contributed by atoms with van der Waals surface area (Å²) < 4.78 is 5.43. The second-order valence-electron chi connectivity index (χ2n) is 6.67. The van der Waals surface area contributed by atoms with Crippen molar-refractivity contribution in [3.63, 3.8) is 0 Å². The number of nitrogens with zero attached hydrogens (tertiary/aromatic N) is 2. The zero-order chi connectivity index (χ0) is 17.5. The standard InChI is InChI=1S/C17H19N3O3S/c1-17(2,3)15(22)19-16-18-11(9-24-16)10-5-6-13-12(7-10)20(4)14(21)8-23-13/h5-7,9H,8H2,1-4H3,(H,18,19,22). The van der Waals surface area contributed by atoms with E-state index < -0.39 is 5.41 Å². The zero-order valence-corrected chi connectivity index (χ0v) is 14.9. The average Bonchev–Trinajstić information content (AvgIpc) is 2.98. The molecule has 1 aromatic carbocycles. The molecule has 2 heterocycles. The molecule has 1 aliphatic heterocycles. The lowest BCUT2D eigenvalue weighted by Gasteiger charge is -2.26. The van der Waals surface area contributed by atoms with Crippen LogP contribution in [0, 0.1) is 5.41 Å². The highest BCUT2D eigenvalue weighted by molar-refractivity contribution is 7.14. The molecule has 1 N–H and O–H groups in total. The van der Waals surface area contributed by atoms with Crippen LogP contribution in [0.5, 0.6) is 5.75 Å². The topological polar surface area (TPSA) is 71.5 Å². The summed E-state index contributed by atoms with van der Waals surface area (Å²) in [5.41, 5.74) is 1.86. The van der Waals surface area contributed by atoms with E-state index in [4.69, 9.17) is 4.74 Å². The van der Waals surface area contributed by atoms with Crippen molar-refractivity contribution in [2.24, 2.45) is 5.41 Å². The van der Waals surface area contributed by atoms with Crippen molar-refractivity contribution in [3.05, 3.63) is 23.6 Å². The number of benzene rings is 1. The van der Waals surface area contributed by atoms with E-state index >= 15 is 0 Å². The molecule has 3 rings (SSSR count). The molecule has 1 aromatic heterocycles. The van der Waals surface area contributed by atoms with E-state index in [9.17, 15) is 9.59 Å². The van der Waals surface area contributed by atoms with Gasteiger partial charge in [-0.3, -0.25) is 9.59 Å². The van der Waals surface area contributed by atoms with E-state index in [-0.39, 0.29) is 18.4 Å². The minimum absolute atomic E-state index is 0.0581. The first-order valence-electron chi connectivity index (χ1n) is 7.56. The Balaban J connectivity index is 1.86. The van der Waals surface area contributed by atoms with E-state index in [0.29, 0.717) is 10.9 Å². The van der Waals surface area contributed by atoms with E-state index in [2.05, 4.69) is 10.3 Å². The first-order chi connectivity index (χ1) is 11.3. The lowest BCUT2D eigenvalue weighted by molar-refractivity contribution is -0.123. The summed E-state index contributed by atoms with van der Waals surface area (Å²) in [5, 5.41) is 5.27. The van der Waals surface area contributed by atoms with Crippen molar-refractivity contribution in [1.82, 2.24) is 4.98 Å². The van der Waals surface area contributed by atoms with Gasteiger partial charge in [0.25, 0.3) is 5.91 Å². The quantitative estimate of drug-likeness (QED) is 0.907. The van der Waals surface area contributed by atoms with Crippen LogP contribution in [-0.4, -0.2) is 30.5 Å². The molecule has 126 valence electrons. The van der Waals surface area contributed by atoms with E-state index in [1.54, 1.807) is 11.9 Å². The van der Waals surface area contributed by atoms with Crippen molar-refractivity contribution in [3.8, 4) is 17.0 Å². The second-order valence-corrected chi connectivity index (χ2v) is 7.52. The highest BCUT2D eigenvalue weighted by Crippen LogP contribution is 2.36. The molecule has 0 radical (unpaired) electrons. The van der Waals surface area contributed by atoms with Gasteiger partial charge in [-0.2, -0.15) is 0 Å². The molecule has 6 nitrogen and oxygen atoms in total. The van der Waals surface area contributed by atoms with Gasteiger partial charge in [0.2, 0.25) is 5.91 Å². The SMILES string of the molecule is CN1C(=O)COc2ccc(-c3csc(NC(=O)C(C)(C)C)n3)cc21. The number of hydrogen-bond donors (Lipinski definition) is 1. The fourth-order valence-corrected chi connectivity index (χ4v) is 2.89. The molecule has 0 spiro atoms. The molecular weight excluding hydrogens is 326 g/mol. The van der Waals surface area contributed by atoms with Gasteiger partial charge in [-0.15, -0.1) is 11.3 Å². The van der Waals surface area contributed by atoms with Crippen LogP contribution >= 0.6 is 11.3 Å². The number of fused-ring (bicyclic) bond motifs is 1. The van der Waals surface area contributed by atoms with Gasteiger partial charge in [-0.05, 0) is 18.2 Å². The number of likely N-dealkylation sites (N-methyl/N-ethyl adjacent to an activating group) is 1. The molecule has 2 amide bonds. The normalized spacial score (nSPS) is 14.2. The number of nitrogens with one attached hydrogen (secondary N) is 1. The Morgan fingerprint density at radius 1 is 1.38 bits per heavy atom. The third-order valence-corrected chi connectivity index (χ3v) is 4.50. The molecule has 0 bridgehead atoms. The van der Waals surface area contributed by atoms with Crippen LogP contribution in [0.1, 0.15) is 20.8 Å². The Bertz CT molecular complexity index is 808. The fourth-order valence-electron chi connectivity index (χ4n) is 2.18. The molecular formula is C17H19N3O3S. The molecule has 0 saturated carbocycles. The van der Waals surface area contributed by atoms with Crippen molar-refractivity contribution in [1.29, 1.82) is 0 Å². The van der Waals surface area contributed by atoms with Gasteiger partial charge in [-0.1, -0.05) is 20.8 Å². The Morgan fingerprint density at radius 3 is 2.83 bits per heavy atom. The summed E-state index contributed by atoms with van der Waals surface area (Å²) in [6.07, 6.45) is 0. The van der Waals surface area contributed by atoms with Crippen LogP contribution < -0.4 is 15.0 Å². The molecule has 0 saturated heterocycles. The van der Waals surface area contributed by atoms with Gasteiger partial charge in [0, 0.05) is 23.4 Å². The lowest BCUT2D eigenvalue weighted by Crippen LogP contribution is -2.35. The Kier molecular flexibility index (Phi) is 4.04. The number of rotatable bonds is 2. The van der Waals surface area contributed by atoms with Crippen molar-refractivity contribution < 1.29 is 14.3 Å². The second kappa shape index (κ2) is 5.90. The molecule has 0 unspecified atom stereocenters. The van der Waals surface area contributed by atoms with Crippen LogP contribution in [0.25, 0.3) is 11.3 Å². The number of carbonyl (C=O) groups is 2. The third-order valence-electron chi connectivity index (χ3n) is 3.75. The average molecular weight is 345 g/mol. The molecule has 0 atom stereocenters. The highest BCUT2D eigenvalue weighted by Gasteiger charge is 2.24. The number of aromatic nitrogens is 1. The van der Waals surface area contributed by atoms with Gasteiger partial charge in [0.05, 0.1) is 11.4 Å². The summed E-state index contributed by atoms with van der Waals surface area (Å²) in [6.45, 7) is 5.62. The first-order valence-corrected chi connectivity index (χ1v) is 8.44. The maximum Gasteiger partial charge on any atom is 0.264 e. The van der Waals surface area contributed by atoms with Gasteiger partial charge < -0.3 is 15.0 Å². The molecule has 1 aliphatic rings. The number of amides is 2. The first kappa shape index (κ1) is 16.4. The largest absolute Gasteiger partial charge is 0.482 e. The monoisotopic (exact) mass is 345 g/mol. The summed E-state index contributed by atoms with van der Waals surface area (Å²) in [5.74, 6) is 0.515. The molecule has 2 aromatic rings. The van der Waals surface area contributed by atoms with Gasteiger partial charge in [0.1, 0.15) is 5.75 Å². The minimum Gasteiger partial charge on any atom is -0.482 e. The maximum absolute atomic E-state index is 12.0. The number of hydrogen-bond acceptors (Lipinski definition) is 5. The minimum atomic E-state index is -0.474. The molecule has 0 fully saturated rings. The highest BCUT2D eigenvalue weighted by atomic mass is 32.1. The maximum atomic E-state index is 12.0. The van der Waals surface area contributed by atoms with Gasteiger partial charge >= 0.3 is 0 Å². The molecule has 0 aliphatic carbocycles. The zero-order valence-electron chi connectivity index (χ0n) is 14.0. The van der Waals surface area contributed by atoms with Crippen molar-refractivity contribution >= 4 is 34.0 Å². The summed E-state index contributed by atoms with van der Waals surface area (Å²) in [4.78, 5) is 29.9. The van der Waals surface area contributed by atoms with Crippen LogP contribution in [0.2, 0.25) is 0 Å². The summed E-state index contributed by atoms with van der Waals surface area (Å²) in [6, 6.07) is 5.60. The fraction of sp³-hybridized carbons (Fsp3) is 0.353. The smallest absolute Gasteiger partial charge is 0.264 e. The van der Waals surface area contributed by atoms with Crippen LogP contribution in [-0.2, 0) is 9.59 Å². The summed E-state index contributed by atoms with van der Waals surface area (Å²) in [7, 11) is 1.73. The van der Waals surface area contributed by atoms with Crippen LogP contribution in [0.3, 0.4) is 0 Å². The molecule has 7 heteroatoms. The number of carbonyl (C=O) groups excluding carboxylic acids is 2. The van der Waals surface area contributed by atoms with E-state index in [1.165, 1.54) is 11.3 Å². The number of ether oxygens (including phenoxy) is 1. The van der Waals surface area contributed by atoms with Gasteiger partial charge in [-0.25, -0.2) is 4.98 Å².